The van der Waals surface area contributed by atoms with Crippen LogP contribution in [0.4, 0.5) is 0 Å². The molecule has 0 amide bonds. The van der Waals surface area contributed by atoms with E-state index in [-0.39, 0.29) is 11.3 Å². The number of aliphatic carboxylic acids is 1. The average Bonchev–Trinajstić information content (AvgIpc) is 2.48. The van der Waals surface area contributed by atoms with Crippen molar-refractivity contribution in [1.82, 2.24) is 4.90 Å². The molecule has 15 heavy (non-hydrogen) atoms. The Hall–Kier alpha value is -1.08. The molecule has 1 N–H and O–H groups in total. The normalized spacial score (nSPS) is 29.0. The van der Waals surface area contributed by atoms with Crippen LogP contribution in [0.3, 0.4) is 0 Å². The van der Waals surface area contributed by atoms with Crippen LogP contribution < -0.4 is 0 Å². The lowest BCUT2D eigenvalue weighted by atomic mass is 9.92. The lowest BCUT2D eigenvalue weighted by molar-refractivity contribution is -0.144. The van der Waals surface area contributed by atoms with Gasteiger partial charge < -0.3 is 5.11 Å². The van der Waals surface area contributed by atoms with Crippen molar-refractivity contribution in [3.8, 4) is 6.07 Å². The highest BCUT2D eigenvalue weighted by Crippen LogP contribution is 2.31. The highest BCUT2D eigenvalue weighted by atomic mass is 16.4. The van der Waals surface area contributed by atoms with Gasteiger partial charge in [0.25, 0.3) is 0 Å². The average molecular weight is 210 g/mol. The Bertz CT molecular complexity index is 295. The molecule has 0 bridgehead atoms. The summed E-state index contributed by atoms with van der Waals surface area (Å²) in [6.07, 6.45) is 0.764. The number of carboxylic acids is 1. The first-order chi connectivity index (χ1) is 6.89. The van der Waals surface area contributed by atoms with Crippen LogP contribution >= 0.6 is 0 Å². The van der Waals surface area contributed by atoms with Gasteiger partial charge in [0.15, 0.2) is 0 Å². The predicted octanol–water partition coefficient (Wildman–Crippen LogP) is 1.33. The van der Waals surface area contributed by atoms with Crippen molar-refractivity contribution in [1.29, 1.82) is 5.26 Å². The van der Waals surface area contributed by atoms with Gasteiger partial charge in [-0.3, -0.25) is 9.69 Å². The third-order valence-corrected chi connectivity index (χ3v) is 3.05. The third-order valence-electron chi connectivity index (χ3n) is 3.05. The number of nitrogens with zero attached hydrogens (tertiary/aromatic N) is 2. The number of nitriles is 1. The summed E-state index contributed by atoms with van der Waals surface area (Å²) in [5.41, 5.74) is -0.372. The van der Waals surface area contributed by atoms with Gasteiger partial charge in [0.2, 0.25) is 0 Å². The predicted molar refractivity (Wildman–Crippen MR) is 56.2 cm³/mol. The molecule has 0 aromatic heterocycles. The van der Waals surface area contributed by atoms with Gasteiger partial charge in [-0.2, -0.15) is 5.26 Å². The molecule has 1 aliphatic heterocycles. The maximum absolute atomic E-state index is 11.1. The molecule has 0 aromatic rings. The first-order valence-electron chi connectivity index (χ1n) is 5.28. The summed E-state index contributed by atoms with van der Waals surface area (Å²) in [6, 6.07) is 1.81. The van der Waals surface area contributed by atoms with Crippen LogP contribution in [-0.2, 0) is 4.79 Å². The van der Waals surface area contributed by atoms with Gasteiger partial charge in [-0.15, -0.1) is 0 Å². The molecule has 1 saturated heterocycles. The van der Waals surface area contributed by atoms with Crippen molar-refractivity contribution in [2.24, 2.45) is 11.3 Å². The van der Waals surface area contributed by atoms with E-state index in [0.29, 0.717) is 13.1 Å². The zero-order valence-electron chi connectivity index (χ0n) is 9.53. The Balaban J connectivity index is 2.74. The van der Waals surface area contributed by atoms with Gasteiger partial charge in [-0.25, -0.2) is 0 Å². The van der Waals surface area contributed by atoms with E-state index in [2.05, 4.69) is 6.07 Å². The minimum Gasteiger partial charge on any atom is -0.480 e. The molecular formula is C11H18N2O2. The Morgan fingerprint density at radius 3 is 2.53 bits per heavy atom. The van der Waals surface area contributed by atoms with Crippen LogP contribution in [0.2, 0.25) is 0 Å². The summed E-state index contributed by atoms with van der Waals surface area (Å²) in [5.74, 6) is -0.712. The smallest absolute Gasteiger partial charge is 0.321 e. The van der Waals surface area contributed by atoms with Crippen molar-refractivity contribution in [2.45, 2.75) is 33.2 Å². The van der Waals surface area contributed by atoms with Crippen LogP contribution in [0.5, 0.6) is 0 Å². The molecule has 4 nitrogen and oxygen atoms in total. The molecular weight excluding hydrogens is 192 g/mol. The van der Waals surface area contributed by atoms with Crippen molar-refractivity contribution in [3.05, 3.63) is 0 Å². The van der Waals surface area contributed by atoms with Crippen LogP contribution in [-0.4, -0.2) is 35.1 Å². The molecule has 0 aromatic carbocycles. The monoisotopic (exact) mass is 210 g/mol. The van der Waals surface area contributed by atoms with Gasteiger partial charge in [0.05, 0.1) is 11.5 Å². The Kier molecular flexibility index (Phi) is 3.35. The summed E-state index contributed by atoms with van der Waals surface area (Å²) >= 11 is 0. The zero-order chi connectivity index (χ0) is 11.6. The van der Waals surface area contributed by atoms with Crippen LogP contribution in [0.25, 0.3) is 0 Å². The van der Waals surface area contributed by atoms with E-state index in [4.69, 9.17) is 10.4 Å². The third kappa shape index (κ3) is 2.48. The second kappa shape index (κ2) is 4.19. The van der Waals surface area contributed by atoms with E-state index in [1.165, 1.54) is 0 Å². The summed E-state index contributed by atoms with van der Waals surface area (Å²) in [5, 5.41) is 18.1. The largest absolute Gasteiger partial charge is 0.480 e. The molecule has 0 saturated carbocycles. The van der Waals surface area contributed by atoms with E-state index in [9.17, 15) is 4.79 Å². The van der Waals surface area contributed by atoms with Crippen LogP contribution in [0, 0.1) is 22.7 Å². The summed E-state index contributed by atoms with van der Waals surface area (Å²) in [6.45, 7) is 6.98. The Labute approximate surface area is 90.5 Å². The molecule has 2 atom stereocenters. The highest BCUT2D eigenvalue weighted by molar-refractivity contribution is 5.73. The van der Waals surface area contributed by atoms with Gasteiger partial charge >= 0.3 is 5.97 Å². The highest BCUT2D eigenvalue weighted by Gasteiger charge is 2.40. The lowest BCUT2D eigenvalue weighted by Crippen LogP contribution is -2.44. The van der Waals surface area contributed by atoms with E-state index in [1.807, 2.05) is 25.7 Å². The van der Waals surface area contributed by atoms with Gasteiger partial charge in [0, 0.05) is 13.1 Å². The molecule has 0 spiro atoms. The SMILES string of the molecule is CC(C)C(C(=O)O)N1CCC(C)(C#N)C1. The van der Waals surface area contributed by atoms with E-state index < -0.39 is 12.0 Å². The molecule has 0 radical (unpaired) electrons. The molecule has 0 aliphatic carbocycles. The van der Waals surface area contributed by atoms with E-state index in [1.54, 1.807) is 0 Å². The number of hydrogen-bond acceptors (Lipinski definition) is 3. The molecule has 2 unspecified atom stereocenters. The van der Waals surface area contributed by atoms with E-state index in [0.717, 1.165) is 6.42 Å². The molecule has 84 valence electrons. The van der Waals surface area contributed by atoms with Crippen molar-refractivity contribution in [2.75, 3.05) is 13.1 Å². The maximum Gasteiger partial charge on any atom is 0.321 e. The first kappa shape index (κ1) is 12.0. The standard InChI is InChI=1S/C11H18N2O2/c1-8(2)9(10(14)15)13-5-4-11(3,6-12)7-13/h8-9H,4-5,7H2,1-3H3,(H,14,15). The summed E-state index contributed by atoms with van der Waals surface area (Å²) < 4.78 is 0. The number of carboxylic acid groups (broad SMARTS) is 1. The quantitative estimate of drug-likeness (QED) is 0.763. The van der Waals surface area contributed by atoms with Crippen molar-refractivity contribution < 1.29 is 9.90 Å². The van der Waals surface area contributed by atoms with Crippen LogP contribution in [0.15, 0.2) is 0 Å². The minimum atomic E-state index is -0.785. The fourth-order valence-corrected chi connectivity index (χ4v) is 2.19. The summed E-state index contributed by atoms with van der Waals surface area (Å²) in [4.78, 5) is 13.0. The van der Waals surface area contributed by atoms with Gasteiger partial charge in [-0.1, -0.05) is 13.8 Å². The van der Waals surface area contributed by atoms with Gasteiger partial charge in [-0.05, 0) is 19.3 Å². The molecule has 1 rings (SSSR count). The number of rotatable bonds is 3. The second-order valence-corrected chi connectivity index (χ2v) is 4.92. The lowest BCUT2D eigenvalue weighted by Gasteiger charge is -2.27. The minimum absolute atomic E-state index is 0.0727. The fourth-order valence-electron chi connectivity index (χ4n) is 2.19. The van der Waals surface area contributed by atoms with E-state index >= 15 is 0 Å². The number of hydrogen-bond donors (Lipinski definition) is 1. The molecule has 1 fully saturated rings. The molecule has 4 heteroatoms. The Morgan fingerprint density at radius 2 is 2.20 bits per heavy atom. The number of likely N-dealkylation sites (tertiary alicyclic amines) is 1. The van der Waals surface area contributed by atoms with Crippen LogP contribution in [0.1, 0.15) is 27.2 Å². The van der Waals surface area contributed by atoms with Gasteiger partial charge in [0.1, 0.15) is 6.04 Å². The first-order valence-corrected chi connectivity index (χ1v) is 5.28. The fraction of sp³-hybridized carbons (Fsp3) is 0.818. The maximum atomic E-state index is 11.1. The molecule has 1 heterocycles. The number of carbonyl (C=O) groups is 1. The van der Waals surface area contributed by atoms with Crippen molar-refractivity contribution in [3.63, 3.8) is 0 Å². The topological polar surface area (TPSA) is 64.3 Å². The van der Waals surface area contributed by atoms with Crippen molar-refractivity contribution >= 4 is 5.97 Å². The molecule has 1 aliphatic rings. The Morgan fingerprint density at radius 1 is 1.60 bits per heavy atom. The second-order valence-electron chi connectivity index (χ2n) is 4.92. The zero-order valence-corrected chi connectivity index (χ0v) is 9.53. The summed E-state index contributed by atoms with van der Waals surface area (Å²) in [7, 11) is 0.